The average Bonchev–Trinajstić information content (AvgIpc) is 2.77. The fraction of sp³-hybridized carbons (Fsp3) is 0.478. The van der Waals surface area contributed by atoms with Crippen molar-refractivity contribution in [2.75, 3.05) is 0 Å². The highest BCUT2D eigenvalue weighted by Gasteiger charge is 2.32. The molecule has 0 spiro atoms. The lowest BCUT2D eigenvalue weighted by Gasteiger charge is -2.25. The van der Waals surface area contributed by atoms with Crippen LogP contribution in [-0.2, 0) is 35.2 Å². The first kappa shape index (κ1) is 30.8. The number of hydrogen-bond acceptors (Lipinski definition) is 8. The van der Waals surface area contributed by atoms with Gasteiger partial charge in [-0.2, -0.15) is 0 Å². The maximum Gasteiger partial charge on any atom is 0.326 e. The third kappa shape index (κ3) is 11.4. The van der Waals surface area contributed by atoms with Crippen molar-refractivity contribution in [1.82, 2.24) is 16.0 Å². The Labute approximate surface area is 212 Å². The van der Waals surface area contributed by atoms with Gasteiger partial charge in [-0.15, -0.1) is 0 Å². The normalized spacial score (nSPS) is 14.1. The molecule has 0 fully saturated rings. The van der Waals surface area contributed by atoms with Gasteiger partial charge in [-0.3, -0.25) is 24.0 Å². The van der Waals surface area contributed by atoms with E-state index in [-0.39, 0.29) is 24.5 Å². The zero-order valence-corrected chi connectivity index (χ0v) is 20.3. The van der Waals surface area contributed by atoms with Gasteiger partial charge in [0.05, 0.1) is 18.9 Å². The van der Waals surface area contributed by atoms with E-state index < -0.39 is 72.6 Å². The van der Waals surface area contributed by atoms with Crippen molar-refractivity contribution in [2.45, 2.75) is 63.7 Å². The minimum Gasteiger partial charge on any atom is -0.508 e. The summed E-state index contributed by atoms with van der Waals surface area (Å²) >= 11 is 0. The molecule has 0 aromatic heterocycles. The van der Waals surface area contributed by atoms with Crippen LogP contribution in [0.15, 0.2) is 24.3 Å². The molecule has 9 N–H and O–H groups in total. The van der Waals surface area contributed by atoms with Crippen molar-refractivity contribution in [3.8, 4) is 5.75 Å². The Hall–Kier alpha value is -4.20. The second-order valence-corrected chi connectivity index (χ2v) is 8.82. The van der Waals surface area contributed by atoms with Crippen molar-refractivity contribution in [3.63, 3.8) is 0 Å². The summed E-state index contributed by atoms with van der Waals surface area (Å²) in [7, 11) is 0. The molecule has 0 saturated heterocycles. The Kier molecular flexibility index (Phi) is 12.0. The average molecular weight is 525 g/mol. The van der Waals surface area contributed by atoms with E-state index in [0.29, 0.717) is 5.56 Å². The smallest absolute Gasteiger partial charge is 0.326 e. The topological polar surface area (TPSA) is 245 Å². The van der Waals surface area contributed by atoms with Gasteiger partial charge in [-0.25, -0.2) is 4.79 Å². The van der Waals surface area contributed by atoms with Crippen LogP contribution in [0.5, 0.6) is 5.75 Å². The van der Waals surface area contributed by atoms with Gasteiger partial charge in [0.1, 0.15) is 23.9 Å². The molecule has 0 saturated carbocycles. The van der Waals surface area contributed by atoms with Gasteiger partial charge in [-0.05, 0) is 30.0 Å². The van der Waals surface area contributed by atoms with E-state index in [2.05, 4.69) is 10.6 Å². The molecule has 0 aliphatic heterocycles. The second-order valence-electron chi connectivity index (χ2n) is 8.82. The summed E-state index contributed by atoms with van der Waals surface area (Å²) in [4.78, 5) is 71.9. The number of phenols is 1. The number of carbonyl (C=O) groups is 6. The van der Waals surface area contributed by atoms with Crippen LogP contribution < -0.4 is 21.7 Å². The van der Waals surface area contributed by atoms with E-state index in [1.165, 1.54) is 24.3 Å². The van der Waals surface area contributed by atoms with Crippen molar-refractivity contribution >= 4 is 35.6 Å². The number of nitrogens with one attached hydrogen (secondary N) is 3. The summed E-state index contributed by atoms with van der Waals surface area (Å²) in [5.41, 5.74) is 6.22. The SMILES string of the molecule is CC(C)CC(N)C(=O)NC(CC(=O)O)C(=O)NC(Cc1ccc(O)cc1)C(=O)NC(CC(=O)O)C(=O)O. The molecule has 204 valence electrons. The van der Waals surface area contributed by atoms with Gasteiger partial charge >= 0.3 is 17.9 Å². The number of carboxylic acids is 3. The predicted molar refractivity (Wildman–Crippen MR) is 127 cm³/mol. The lowest BCUT2D eigenvalue weighted by Crippen LogP contribution is -2.58. The summed E-state index contributed by atoms with van der Waals surface area (Å²) in [5.74, 6) is -7.48. The van der Waals surface area contributed by atoms with Crippen LogP contribution >= 0.6 is 0 Å². The molecule has 1 aromatic rings. The summed E-state index contributed by atoms with van der Waals surface area (Å²) in [5, 5.41) is 43.4. The van der Waals surface area contributed by atoms with Crippen LogP contribution in [0.3, 0.4) is 0 Å². The molecule has 0 aliphatic rings. The maximum atomic E-state index is 13.0. The molecule has 1 aromatic carbocycles. The molecule has 0 bridgehead atoms. The van der Waals surface area contributed by atoms with E-state index in [1.807, 2.05) is 19.2 Å². The van der Waals surface area contributed by atoms with Crippen LogP contribution in [0.2, 0.25) is 0 Å². The van der Waals surface area contributed by atoms with Crippen LogP contribution in [0, 0.1) is 5.92 Å². The molecule has 3 amide bonds. The Morgan fingerprint density at radius 1 is 0.757 bits per heavy atom. The number of rotatable bonds is 15. The molecule has 0 heterocycles. The number of phenolic OH excluding ortho intramolecular Hbond substituents is 1. The highest BCUT2D eigenvalue weighted by molar-refractivity contribution is 5.96. The predicted octanol–water partition coefficient (Wildman–Crippen LogP) is -1.20. The van der Waals surface area contributed by atoms with Crippen LogP contribution in [-0.4, -0.2) is 80.2 Å². The Balaban J connectivity index is 3.17. The monoisotopic (exact) mass is 524 g/mol. The maximum absolute atomic E-state index is 13.0. The van der Waals surface area contributed by atoms with Gasteiger partial charge in [0, 0.05) is 6.42 Å². The quantitative estimate of drug-likeness (QED) is 0.135. The van der Waals surface area contributed by atoms with Crippen molar-refractivity contribution in [1.29, 1.82) is 0 Å². The fourth-order valence-electron chi connectivity index (χ4n) is 3.27. The molecular weight excluding hydrogens is 492 g/mol. The first-order valence-corrected chi connectivity index (χ1v) is 11.3. The molecule has 14 heteroatoms. The first-order chi connectivity index (χ1) is 17.2. The van der Waals surface area contributed by atoms with Crippen molar-refractivity contribution in [3.05, 3.63) is 29.8 Å². The molecule has 0 radical (unpaired) electrons. The van der Waals surface area contributed by atoms with E-state index in [9.17, 15) is 44.1 Å². The number of amides is 3. The lowest BCUT2D eigenvalue weighted by atomic mass is 10.0. The number of aliphatic carboxylic acids is 3. The minimum atomic E-state index is -1.81. The summed E-state index contributed by atoms with van der Waals surface area (Å²) < 4.78 is 0. The van der Waals surface area contributed by atoms with Gasteiger partial charge < -0.3 is 42.1 Å². The van der Waals surface area contributed by atoms with Crippen molar-refractivity contribution < 1.29 is 49.2 Å². The summed E-state index contributed by atoms with van der Waals surface area (Å²) in [6, 6.07) is -0.483. The summed E-state index contributed by atoms with van der Waals surface area (Å²) in [6.45, 7) is 3.63. The number of aromatic hydroxyl groups is 1. The number of benzene rings is 1. The van der Waals surface area contributed by atoms with Crippen LogP contribution in [0.25, 0.3) is 0 Å². The van der Waals surface area contributed by atoms with E-state index in [1.54, 1.807) is 0 Å². The zero-order chi connectivity index (χ0) is 28.3. The zero-order valence-electron chi connectivity index (χ0n) is 20.3. The number of carboxylic acid groups (broad SMARTS) is 3. The van der Waals surface area contributed by atoms with E-state index >= 15 is 0 Å². The molecule has 37 heavy (non-hydrogen) atoms. The molecule has 4 atom stereocenters. The third-order valence-electron chi connectivity index (χ3n) is 5.08. The highest BCUT2D eigenvalue weighted by atomic mass is 16.4. The number of nitrogens with two attached hydrogens (primary N) is 1. The van der Waals surface area contributed by atoms with Crippen LogP contribution in [0.1, 0.15) is 38.7 Å². The third-order valence-corrected chi connectivity index (χ3v) is 5.08. The van der Waals surface area contributed by atoms with Crippen LogP contribution in [0.4, 0.5) is 0 Å². The minimum absolute atomic E-state index is 0.0406. The second kappa shape index (κ2) is 14.4. The van der Waals surface area contributed by atoms with E-state index in [4.69, 9.17) is 10.8 Å². The standard InChI is InChI=1S/C23H32N4O10/c1-11(2)7-14(24)20(33)25-16(9-18(29)30)22(35)26-15(8-12-3-5-13(28)6-4-12)21(34)27-17(23(36)37)10-19(31)32/h3-6,11,14-17,28H,7-10,24H2,1-2H3,(H,25,33)(H,26,35)(H,27,34)(H,29,30)(H,31,32)(H,36,37). The molecule has 4 unspecified atom stereocenters. The van der Waals surface area contributed by atoms with Gasteiger partial charge in [0.2, 0.25) is 17.7 Å². The van der Waals surface area contributed by atoms with E-state index in [0.717, 1.165) is 0 Å². The lowest BCUT2D eigenvalue weighted by molar-refractivity contribution is -0.147. The van der Waals surface area contributed by atoms with Gasteiger partial charge in [-0.1, -0.05) is 26.0 Å². The van der Waals surface area contributed by atoms with Gasteiger partial charge in [0.15, 0.2) is 0 Å². The van der Waals surface area contributed by atoms with Crippen molar-refractivity contribution in [2.24, 2.45) is 11.7 Å². The number of hydrogen-bond donors (Lipinski definition) is 8. The largest absolute Gasteiger partial charge is 0.508 e. The highest BCUT2D eigenvalue weighted by Crippen LogP contribution is 2.12. The Morgan fingerprint density at radius 3 is 1.70 bits per heavy atom. The Morgan fingerprint density at radius 2 is 1.22 bits per heavy atom. The van der Waals surface area contributed by atoms with Gasteiger partial charge in [0.25, 0.3) is 0 Å². The molecule has 1 rings (SSSR count). The Bertz CT molecular complexity index is 996. The fourth-order valence-corrected chi connectivity index (χ4v) is 3.27. The summed E-state index contributed by atoms with van der Waals surface area (Å²) in [6.07, 6.45) is -1.75. The first-order valence-electron chi connectivity index (χ1n) is 11.3. The molecular formula is C23H32N4O10. The number of carbonyl (C=O) groups excluding carboxylic acids is 3. The molecule has 0 aliphatic carbocycles. The molecule has 14 nitrogen and oxygen atoms in total.